The zero-order chi connectivity index (χ0) is 12.4. The summed E-state index contributed by atoms with van der Waals surface area (Å²) in [6.45, 7) is 4.22. The maximum absolute atomic E-state index is 13.4. The van der Waals surface area contributed by atoms with E-state index in [-0.39, 0.29) is 24.4 Å². The van der Waals surface area contributed by atoms with Crippen molar-refractivity contribution < 1.29 is 9.18 Å². The average molecular weight is 338 g/mol. The van der Waals surface area contributed by atoms with Gasteiger partial charge < -0.3 is 10.2 Å². The highest BCUT2D eigenvalue weighted by Crippen LogP contribution is 2.18. The molecule has 1 saturated heterocycles. The van der Waals surface area contributed by atoms with Crippen LogP contribution in [0.25, 0.3) is 0 Å². The fourth-order valence-corrected chi connectivity index (χ4v) is 2.18. The van der Waals surface area contributed by atoms with Gasteiger partial charge in [0.15, 0.2) is 0 Å². The van der Waals surface area contributed by atoms with Crippen LogP contribution in [0.5, 0.6) is 0 Å². The van der Waals surface area contributed by atoms with Crippen LogP contribution in [0.4, 0.5) is 4.39 Å². The average Bonchev–Trinajstić information content (AvgIpc) is 2.32. The summed E-state index contributed by atoms with van der Waals surface area (Å²) >= 11 is 3.08. The molecule has 18 heavy (non-hydrogen) atoms. The van der Waals surface area contributed by atoms with Crippen LogP contribution in [0.3, 0.4) is 0 Å². The lowest BCUT2D eigenvalue weighted by Crippen LogP contribution is -2.52. The minimum atomic E-state index is -0.404. The third-order valence-electron chi connectivity index (χ3n) is 2.93. The molecule has 0 aliphatic carbocycles. The number of rotatable bonds is 1. The number of amides is 1. The van der Waals surface area contributed by atoms with E-state index in [1.54, 1.807) is 17.0 Å². The van der Waals surface area contributed by atoms with Crippen molar-refractivity contribution in [2.75, 3.05) is 19.6 Å². The van der Waals surface area contributed by atoms with Crippen molar-refractivity contribution in [2.24, 2.45) is 0 Å². The highest BCUT2D eigenvalue weighted by molar-refractivity contribution is 9.10. The molecule has 3 nitrogen and oxygen atoms in total. The van der Waals surface area contributed by atoms with Crippen LogP contribution < -0.4 is 5.32 Å². The van der Waals surface area contributed by atoms with Crippen LogP contribution in [0.15, 0.2) is 22.7 Å². The van der Waals surface area contributed by atoms with E-state index < -0.39 is 5.82 Å². The van der Waals surface area contributed by atoms with Crippen LogP contribution in [0, 0.1) is 5.82 Å². The zero-order valence-corrected chi connectivity index (χ0v) is 12.4. The molecule has 1 heterocycles. The summed E-state index contributed by atoms with van der Waals surface area (Å²) in [4.78, 5) is 14.0. The lowest BCUT2D eigenvalue weighted by atomic mass is 10.1. The molecule has 1 aromatic rings. The van der Waals surface area contributed by atoms with Crippen LogP contribution in [0.1, 0.15) is 17.3 Å². The summed E-state index contributed by atoms with van der Waals surface area (Å²) in [6, 6.07) is 4.63. The van der Waals surface area contributed by atoms with Crippen LogP contribution >= 0.6 is 28.3 Å². The van der Waals surface area contributed by atoms with Crippen LogP contribution in [-0.2, 0) is 0 Å². The Morgan fingerprint density at radius 2 is 2.28 bits per heavy atom. The molecule has 0 unspecified atom stereocenters. The van der Waals surface area contributed by atoms with Gasteiger partial charge in [-0.3, -0.25) is 4.79 Å². The van der Waals surface area contributed by atoms with Crippen molar-refractivity contribution in [1.82, 2.24) is 10.2 Å². The standard InChI is InChI=1S/C12H14BrFN2O.ClH/c1-8-7-15-4-5-16(8)12(17)9-2-3-10(13)11(14)6-9;/h2-3,6,8,15H,4-5,7H2,1H3;1H/t8-;/m1./s1. The van der Waals surface area contributed by atoms with Gasteiger partial charge in [0, 0.05) is 31.2 Å². The SMILES string of the molecule is C[C@@H]1CNCCN1C(=O)c1ccc(Br)c(F)c1.Cl. The Labute approximate surface area is 120 Å². The number of benzene rings is 1. The molecule has 1 amide bonds. The number of carbonyl (C=O) groups excluding carboxylic acids is 1. The van der Waals surface area contributed by atoms with E-state index in [0.717, 1.165) is 13.1 Å². The molecule has 0 bridgehead atoms. The molecule has 1 aromatic carbocycles. The molecule has 0 aromatic heterocycles. The number of hydrogen-bond donors (Lipinski definition) is 1. The summed E-state index contributed by atoms with van der Waals surface area (Å²) in [6.07, 6.45) is 0. The first kappa shape index (κ1) is 15.4. The van der Waals surface area contributed by atoms with Crippen molar-refractivity contribution in [3.05, 3.63) is 34.1 Å². The Balaban J connectivity index is 0.00000162. The number of halogens is 3. The second kappa shape index (κ2) is 6.50. The van der Waals surface area contributed by atoms with E-state index in [0.29, 0.717) is 16.6 Å². The Morgan fingerprint density at radius 1 is 1.56 bits per heavy atom. The van der Waals surface area contributed by atoms with Crippen LogP contribution in [0.2, 0.25) is 0 Å². The summed E-state index contributed by atoms with van der Waals surface area (Å²) in [5, 5.41) is 3.22. The molecule has 0 spiro atoms. The number of hydrogen-bond acceptors (Lipinski definition) is 2. The topological polar surface area (TPSA) is 32.3 Å². The summed E-state index contributed by atoms with van der Waals surface area (Å²) < 4.78 is 13.8. The molecular weight excluding hydrogens is 322 g/mol. The van der Waals surface area contributed by atoms with Crippen molar-refractivity contribution in [3.8, 4) is 0 Å². The van der Waals surface area contributed by atoms with Gasteiger partial charge in [0.25, 0.3) is 5.91 Å². The second-order valence-electron chi connectivity index (χ2n) is 4.18. The molecule has 0 radical (unpaired) electrons. The van der Waals surface area contributed by atoms with Gasteiger partial charge in [-0.05, 0) is 41.1 Å². The Bertz CT molecular complexity index is 444. The second-order valence-corrected chi connectivity index (χ2v) is 5.03. The van der Waals surface area contributed by atoms with Gasteiger partial charge in [0.2, 0.25) is 0 Å². The van der Waals surface area contributed by atoms with E-state index in [1.165, 1.54) is 6.07 Å². The first-order chi connectivity index (χ1) is 8.09. The first-order valence-electron chi connectivity index (χ1n) is 5.56. The van der Waals surface area contributed by atoms with Gasteiger partial charge in [-0.2, -0.15) is 0 Å². The number of piperazine rings is 1. The van der Waals surface area contributed by atoms with Gasteiger partial charge in [0.1, 0.15) is 5.82 Å². The lowest BCUT2D eigenvalue weighted by molar-refractivity contribution is 0.0655. The van der Waals surface area contributed by atoms with Crippen molar-refractivity contribution >= 4 is 34.2 Å². The quantitative estimate of drug-likeness (QED) is 0.854. The minimum absolute atomic E-state index is 0. The fraction of sp³-hybridized carbons (Fsp3) is 0.417. The maximum Gasteiger partial charge on any atom is 0.254 e. The molecule has 1 atom stereocenters. The lowest BCUT2D eigenvalue weighted by Gasteiger charge is -2.34. The first-order valence-corrected chi connectivity index (χ1v) is 6.35. The third kappa shape index (κ3) is 3.22. The Kier molecular flexibility index (Phi) is 5.56. The summed E-state index contributed by atoms with van der Waals surface area (Å²) in [7, 11) is 0. The van der Waals surface area contributed by atoms with Crippen molar-refractivity contribution in [1.29, 1.82) is 0 Å². The largest absolute Gasteiger partial charge is 0.333 e. The Hall–Kier alpha value is -0.650. The highest BCUT2D eigenvalue weighted by Gasteiger charge is 2.24. The molecule has 1 fully saturated rings. The molecule has 1 N–H and O–H groups in total. The predicted molar refractivity (Wildman–Crippen MR) is 74.7 cm³/mol. The van der Waals surface area contributed by atoms with E-state index >= 15 is 0 Å². The summed E-state index contributed by atoms with van der Waals surface area (Å²) in [5.74, 6) is -0.510. The molecule has 1 aliphatic heterocycles. The van der Waals surface area contributed by atoms with Gasteiger partial charge in [-0.1, -0.05) is 0 Å². The smallest absolute Gasteiger partial charge is 0.254 e. The molecule has 0 saturated carbocycles. The molecule has 2 rings (SSSR count). The zero-order valence-electron chi connectivity index (χ0n) is 9.95. The van der Waals surface area contributed by atoms with Crippen LogP contribution in [-0.4, -0.2) is 36.5 Å². The predicted octanol–water partition coefficient (Wildman–Crippen LogP) is 2.44. The third-order valence-corrected chi connectivity index (χ3v) is 3.57. The van der Waals surface area contributed by atoms with Gasteiger partial charge >= 0.3 is 0 Å². The summed E-state index contributed by atoms with van der Waals surface area (Å²) in [5.41, 5.74) is 0.402. The van der Waals surface area contributed by atoms with Gasteiger partial charge in [-0.15, -0.1) is 12.4 Å². The van der Waals surface area contributed by atoms with Gasteiger partial charge in [-0.25, -0.2) is 4.39 Å². The number of carbonyl (C=O) groups is 1. The molecule has 100 valence electrons. The monoisotopic (exact) mass is 336 g/mol. The molecule has 6 heteroatoms. The maximum atomic E-state index is 13.4. The highest BCUT2D eigenvalue weighted by atomic mass is 79.9. The molecule has 1 aliphatic rings. The fourth-order valence-electron chi connectivity index (χ4n) is 1.94. The van der Waals surface area contributed by atoms with Crippen molar-refractivity contribution in [2.45, 2.75) is 13.0 Å². The number of nitrogens with zero attached hydrogens (tertiary/aromatic N) is 1. The molecular formula is C12H15BrClFN2O. The Morgan fingerprint density at radius 3 is 2.89 bits per heavy atom. The van der Waals surface area contributed by atoms with E-state index in [9.17, 15) is 9.18 Å². The number of nitrogens with one attached hydrogen (secondary N) is 1. The van der Waals surface area contributed by atoms with Crippen molar-refractivity contribution in [3.63, 3.8) is 0 Å². The van der Waals surface area contributed by atoms with E-state index in [2.05, 4.69) is 21.2 Å². The van der Waals surface area contributed by atoms with Gasteiger partial charge in [0.05, 0.1) is 4.47 Å². The van der Waals surface area contributed by atoms with E-state index in [1.807, 2.05) is 6.92 Å². The van der Waals surface area contributed by atoms with E-state index in [4.69, 9.17) is 0 Å². The normalized spacial score (nSPS) is 19.3. The minimum Gasteiger partial charge on any atom is -0.333 e.